The van der Waals surface area contributed by atoms with E-state index in [4.69, 9.17) is 4.42 Å². The van der Waals surface area contributed by atoms with E-state index in [1.165, 1.54) is 16.4 Å². The van der Waals surface area contributed by atoms with Crippen molar-refractivity contribution in [2.75, 3.05) is 18.4 Å². The predicted molar refractivity (Wildman–Crippen MR) is 93.8 cm³/mol. The molecule has 0 saturated carbocycles. The van der Waals surface area contributed by atoms with Crippen LogP contribution in [0.15, 0.2) is 45.9 Å². The normalized spacial score (nSPS) is 15.7. The SMILES string of the molecule is O=C(Nc1ccccc1I)c1ccc(S(=O)(=O)N2CCCC2)o1. The molecule has 1 aromatic carbocycles. The van der Waals surface area contributed by atoms with Crippen molar-refractivity contribution >= 4 is 44.2 Å². The van der Waals surface area contributed by atoms with Gasteiger partial charge in [-0.15, -0.1) is 0 Å². The first-order valence-electron chi connectivity index (χ1n) is 7.14. The molecule has 23 heavy (non-hydrogen) atoms. The molecule has 2 heterocycles. The van der Waals surface area contributed by atoms with Crippen LogP contribution in [-0.4, -0.2) is 31.7 Å². The van der Waals surface area contributed by atoms with Crippen molar-refractivity contribution in [2.45, 2.75) is 17.9 Å². The molecule has 1 fully saturated rings. The number of carbonyl (C=O) groups is 1. The van der Waals surface area contributed by atoms with Crippen LogP contribution in [0.4, 0.5) is 5.69 Å². The Morgan fingerprint density at radius 1 is 1.13 bits per heavy atom. The minimum absolute atomic E-state index is 0.0255. The second-order valence-corrected chi connectivity index (χ2v) is 8.19. The summed E-state index contributed by atoms with van der Waals surface area (Å²) in [6.45, 7) is 0.986. The topological polar surface area (TPSA) is 79.6 Å². The van der Waals surface area contributed by atoms with Gasteiger partial charge < -0.3 is 9.73 Å². The molecular formula is C15H15IN2O4S. The molecule has 0 atom stereocenters. The monoisotopic (exact) mass is 446 g/mol. The molecule has 0 radical (unpaired) electrons. The van der Waals surface area contributed by atoms with E-state index in [9.17, 15) is 13.2 Å². The van der Waals surface area contributed by atoms with Crippen molar-refractivity contribution in [1.82, 2.24) is 4.31 Å². The summed E-state index contributed by atoms with van der Waals surface area (Å²) in [5, 5.41) is 2.52. The van der Waals surface area contributed by atoms with Gasteiger partial charge in [-0.3, -0.25) is 4.79 Å². The number of halogens is 1. The highest BCUT2D eigenvalue weighted by Crippen LogP contribution is 2.24. The lowest BCUT2D eigenvalue weighted by Gasteiger charge is -2.12. The average Bonchev–Trinajstić information content (AvgIpc) is 3.21. The number of sulfonamides is 1. The zero-order chi connectivity index (χ0) is 16.4. The predicted octanol–water partition coefficient (Wildman–Crippen LogP) is 2.92. The fraction of sp³-hybridized carbons (Fsp3) is 0.267. The molecule has 1 aliphatic heterocycles. The molecule has 122 valence electrons. The summed E-state index contributed by atoms with van der Waals surface area (Å²) < 4.78 is 32.3. The lowest BCUT2D eigenvalue weighted by Crippen LogP contribution is -2.27. The molecule has 2 aromatic rings. The van der Waals surface area contributed by atoms with Gasteiger partial charge in [0, 0.05) is 16.7 Å². The van der Waals surface area contributed by atoms with Crippen molar-refractivity contribution in [3.8, 4) is 0 Å². The smallest absolute Gasteiger partial charge is 0.291 e. The summed E-state index contributed by atoms with van der Waals surface area (Å²) >= 11 is 2.11. The summed E-state index contributed by atoms with van der Waals surface area (Å²) in [7, 11) is -3.65. The fourth-order valence-corrected chi connectivity index (χ4v) is 4.33. The van der Waals surface area contributed by atoms with Crippen LogP contribution >= 0.6 is 22.6 Å². The van der Waals surface area contributed by atoms with Gasteiger partial charge >= 0.3 is 0 Å². The van der Waals surface area contributed by atoms with Crippen LogP contribution in [0.2, 0.25) is 0 Å². The Kier molecular flexibility index (Phi) is 4.74. The number of nitrogens with zero attached hydrogens (tertiary/aromatic N) is 1. The minimum Gasteiger partial charge on any atom is -0.438 e. The van der Waals surface area contributed by atoms with Crippen molar-refractivity contribution in [3.63, 3.8) is 0 Å². The molecule has 6 nitrogen and oxygen atoms in total. The Morgan fingerprint density at radius 2 is 1.83 bits per heavy atom. The first-order valence-corrected chi connectivity index (χ1v) is 9.66. The lowest BCUT2D eigenvalue weighted by molar-refractivity contribution is 0.0991. The molecule has 1 aromatic heterocycles. The number of amides is 1. The number of carbonyl (C=O) groups excluding carboxylic acids is 1. The quantitative estimate of drug-likeness (QED) is 0.733. The molecule has 3 rings (SSSR count). The van der Waals surface area contributed by atoms with Crippen molar-refractivity contribution in [2.24, 2.45) is 0 Å². The van der Waals surface area contributed by atoms with Crippen LogP contribution in [0.5, 0.6) is 0 Å². The minimum atomic E-state index is -3.65. The van der Waals surface area contributed by atoms with Crippen molar-refractivity contribution in [3.05, 3.63) is 45.7 Å². The van der Waals surface area contributed by atoms with Gasteiger partial charge in [-0.2, -0.15) is 4.31 Å². The molecule has 1 N–H and O–H groups in total. The summed E-state index contributed by atoms with van der Waals surface area (Å²) in [6, 6.07) is 10.0. The van der Waals surface area contributed by atoms with Gasteiger partial charge in [-0.05, 0) is 59.7 Å². The number of hydrogen-bond donors (Lipinski definition) is 1. The molecular weight excluding hydrogens is 431 g/mol. The van der Waals surface area contributed by atoms with E-state index in [1.807, 2.05) is 18.2 Å². The van der Waals surface area contributed by atoms with Crippen LogP contribution in [0, 0.1) is 3.57 Å². The molecule has 0 bridgehead atoms. The Hall–Kier alpha value is -1.39. The van der Waals surface area contributed by atoms with Crippen molar-refractivity contribution < 1.29 is 17.6 Å². The summed E-state index contributed by atoms with van der Waals surface area (Å²) in [5.74, 6) is -0.501. The van der Waals surface area contributed by atoms with Crippen molar-refractivity contribution in [1.29, 1.82) is 0 Å². The molecule has 0 unspecified atom stereocenters. The fourth-order valence-electron chi connectivity index (χ4n) is 2.38. The zero-order valence-corrected chi connectivity index (χ0v) is 15.1. The lowest BCUT2D eigenvalue weighted by atomic mass is 10.3. The number of nitrogens with one attached hydrogen (secondary N) is 1. The van der Waals surface area contributed by atoms with E-state index in [1.54, 1.807) is 6.07 Å². The van der Waals surface area contributed by atoms with Crippen LogP contribution in [0.3, 0.4) is 0 Å². The molecule has 0 spiro atoms. The largest absolute Gasteiger partial charge is 0.438 e. The summed E-state index contributed by atoms with van der Waals surface area (Å²) in [5.41, 5.74) is 0.651. The number of rotatable bonds is 4. The third-order valence-electron chi connectivity index (χ3n) is 3.59. The molecule has 1 amide bonds. The Morgan fingerprint density at radius 3 is 2.52 bits per heavy atom. The molecule has 0 aliphatic carbocycles. The van der Waals surface area contributed by atoms with Gasteiger partial charge in [-0.25, -0.2) is 8.42 Å². The Bertz CT molecular complexity index is 826. The van der Waals surface area contributed by atoms with E-state index in [0.717, 1.165) is 16.4 Å². The van der Waals surface area contributed by atoms with E-state index >= 15 is 0 Å². The van der Waals surface area contributed by atoms with E-state index < -0.39 is 15.9 Å². The second-order valence-electron chi connectivity index (χ2n) is 5.16. The number of para-hydroxylation sites is 1. The van der Waals surface area contributed by atoms with Gasteiger partial charge in [0.25, 0.3) is 15.9 Å². The van der Waals surface area contributed by atoms with Gasteiger partial charge in [0.15, 0.2) is 5.76 Å². The first kappa shape index (κ1) is 16.5. The standard InChI is InChI=1S/C15H15IN2O4S/c16-11-5-1-2-6-12(11)17-15(19)13-7-8-14(22-13)23(20,21)18-9-3-4-10-18/h1-2,5-8H,3-4,9-10H2,(H,17,19). The molecule has 1 saturated heterocycles. The highest BCUT2D eigenvalue weighted by molar-refractivity contribution is 14.1. The van der Waals surface area contributed by atoms with Gasteiger partial charge in [0.05, 0.1) is 5.69 Å². The van der Waals surface area contributed by atoms with E-state index in [0.29, 0.717) is 18.8 Å². The maximum atomic E-state index is 12.4. The van der Waals surface area contributed by atoms with Gasteiger partial charge in [-0.1, -0.05) is 12.1 Å². The Balaban J connectivity index is 1.79. The van der Waals surface area contributed by atoms with Crippen LogP contribution in [0.25, 0.3) is 0 Å². The first-order chi connectivity index (χ1) is 11.0. The van der Waals surface area contributed by atoms with Crippen LogP contribution in [-0.2, 0) is 10.0 Å². The van der Waals surface area contributed by atoms with Crippen LogP contribution < -0.4 is 5.32 Å². The zero-order valence-electron chi connectivity index (χ0n) is 12.2. The third-order valence-corrected chi connectivity index (χ3v) is 6.30. The van der Waals surface area contributed by atoms with E-state index in [-0.39, 0.29) is 10.9 Å². The molecule has 8 heteroatoms. The highest BCUT2D eigenvalue weighted by Gasteiger charge is 2.30. The van der Waals surface area contributed by atoms with E-state index in [2.05, 4.69) is 27.9 Å². The summed E-state index contributed by atoms with van der Waals surface area (Å²) in [4.78, 5) is 12.2. The second kappa shape index (κ2) is 6.62. The summed E-state index contributed by atoms with van der Waals surface area (Å²) in [6.07, 6.45) is 1.69. The maximum absolute atomic E-state index is 12.4. The molecule has 1 aliphatic rings. The average molecular weight is 446 g/mol. The van der Waals surface area contributed by atoms with Crippen LogP contribution in [0.1, 0.15) is 23.4 Å². The Labute approximate surface area is 148 Å². The number of anilines is 1. The number of hydrogen-bond acceptors (Lipinski definition) is 4. The number of benzene rings is 1. The van der Waals surface area contributed by atoms with Gasteiger partial charge in [0.1, 0.15) is 0 Å². The maximum Gasteiger partial charge on any atom is 0.291 e. The highest BCUT2D eigenvalue weighted by atomic mass is 127. The third kappa shape index (κ3) is 3.43. The number of furan rings is 1. The van der Waals surface area contributed by atoms with Gasteiger partial charge in [0.2, 0.25) is 5.09 Å².